The standard InChI is InChI=1S/C29H36N6O/c1-17(2)25-26(22-13-35-28(30-16-31-35)19(4)18(22)3)33-24-10-9-23(32-27(24)25)20-5-7-21(8-6-20)34-14-29(15-34)11-12-36-29/h9-10,13,16-17,20-21,33H,5-8,11-12,14-15H2,1-4H3. The van der Waals surface area contributed by atoms with Gasteiger partial charge in [-0.05, 0) is 68.7 Å². The van der Waals surface area contributed by atoms with Crippen molar-refractivity contribution >= 4 is 16.7 Å². The van der Waals surface area contributed by atoms with Gasteiger partial charge in [0, 0.05) is 54.5 Å². The minimum Gasteiger partial charge on any atom is -0.372 e. The minimum atomic E-state index is 0.234. The van der Waals surface area contributed by atoms with E-state index in [9.17, 15) is 0 Å². The molecule has 0 unspecified atom stereocenters. The summed E-state index contributed by atoms with van der Waals surface area (Å²) in [5, 5.41) is 4.42. The van der Waals surface area contributed by atoms with Gasteiger partial charge in [-0.25, -0.2) is 9.50 Å². The number of likely N-dealkylation sites (tertiary alicyclic amines) is 1. The summed E-state index contributed by atoms with van der Waals surface area (Å²) in [4.78, 5) is 16.2. The van der Waals surface area contributed by atoms with Gasteiger partial charge in [0.2, 0.25) is 0 Å². The summed E-state index contributed by atoms with van der Waals surface area (Å²) in [6, 6.07) is 5.24. The number of nitrogens with zero attached hydrogens (tertiary/aromatic N) is 5. The molecule has 4 aromatic heterocycles. The Bertz CT molecular complexity index is 1450. The van der Waals surface area contributed by atoms with Crippen LogP contribution in [-0.4, -0.2) is 60.8 Å². The number of aromatic amines is 1. The van der Waals surface area contributed by atoms with Crippen molar-refractivity contribution in [2.75, 3.05) is 19.7 Å². The maximum absolute atomic E-state index is 5.84. The van der Waals surface area contributed by atoms with E-state index in [4.69, 9.17) is 9.72 Å². The molecule has 1 saturated carbocycles. The molecule has 6 heterocycles. The van der Waals surface area contributed by atoms with Crippen molar-refractivity contribution in [2.24, 2.45) is 0 Å². The van der Waals surface area contributed by atoms with E-state index >= 15 is 0 Å². The van der Waals surface area contributed by atoms with Crippen molar-refractivity contribution in [3.63, 3.8) is 0 Å². The van der Waals surface area contributed by atoms with Crippen LogP contribution in [0.2, 0.25) is 0 Å². The predicted octanol–water partition coefficient (Wildman–Crippen LogP) is 5.51. The predicted molar refractivity (Wildman–Crippen MR) is 142 cm³/mol. The highest BCUT2D eigenvalue weighted by Gasteiger charge is 2.51. The molecule has 1 aliphatic carbocycles. The van der Waals surface area contributed by atoms with Crippen LogP contribution >= 0.6 is 0 Å². The molecule has 0 aromatic carbocycles. The molecule has 0 bridgehead atoms. The number of aromatic nitrogens is 5. The SMILES string of the molecule is Cc1c(-c2[nH]c3ccc(C4CCC(N5CC6(CCO6)C5)CC4)nc3c2C(C)C)cn2ncnc2c1C. The number of H-pyrrole nitrogens is 1. The first-order valence-corrected chi connectivity index (χ1v) is 13.6. The summed E-state index contributed by atoms with van der Waals surface area (Å²) in [7, 11) is 0. The van der Waals surface area contributed by atoms with E-state index in [0.717, 1.165) is 48.1 Å². The van der Waals surface area contributed by atoms with Crippen molar-refractivity contribution in [1.82, 2.24) is 29.5 Å². The van der Waals surface area contributed by atoms with E-state index in [0.29, 0.717) is 11.8 Å². The molecule has 2 saturated heterocycles. The lowest BCUT2D eigenvalue weighted by atomic mass is 9.79. The van der Waals surface area contributed by atoms with E-state index in [1.165, 1.54) is 60.1 Å². The second-order valence-corrected chi connectivity index (χ2v) is 11.7. The summed E-state index contributed by atoms with van der Waals surface area (Å²) in [6.45, 7) is 12.1. The zero-order valence-electron chi connectivity index (χ0n) is 21.8. The van der Waals surface area contributed by atoms with Crippen molar-refractivity contribution in [3.05, 3.63) is 47.0 Å². The third-order valence-electron chi connectivity index (χ3n) is 9.25. The molecule has 7 heteroatoms. The maximum atomic E-state index is 5.84. The lowest BCUT2D eigenvalue weighted by Crippen LogP contribution is -2.70. The molecule has 2 aliphatic heterocycles. The number of fused-ring (bicyclic) bond motifs is 2. The molecular formula is C29H36N6O. The zero-order chi connectivity index (χ0) is 24.6. The van der Waals surface area contributed by atoms with Gasteiger partial charge in [-0.2, -0.15) is 5.10 Å². The van der Waals surface area contributed by atoms with Gasteiger partial charge in [0.25, 0.3) is 0 Å². The Hall–Kier alpha value is -2.77. The van der Waals surface area contributed by atoms with Crippen LogP contribution < -0.4 is 0 Å². The van der Waals surface area contributed by atoms with Crippen molar-refractivity contribution in [3.8, 4) is 11.3 Å². The molecule has 36 heavy (non-hydrogen) atoms. The molecule has 0 atom stereocenters. The molecule has 7 rings (SSSR count). The van der Waals surface area contributed by atoms with Crippen LogP contribution in [0.25, 0.3) is 27.9 Å². The van der Waals surface area contributed by atoms with E-state index in [1.54, 1.807) is 6.33 Å². The summed E-state index contributed by atoms with van der Waals surface area (Å²) in [5.41, 5.74) is 10.7. The molecule has 3 aliphatic rings. The number of nitrogens with one attached hydrogen (secondary N) is 1. The maximum Gasteiger partial charge on any atom is 0.158 e. The van der Waals surface area contributed by atoms with Gasteiger partial charge in [-0.3, -0.25) is 9.88 Å². The average molecular weight is 485 g/mol. The van der Waals surface area contributed by atoms with E-state index in [1.807, 2.05) is 4.52 Å². The molecule has 1 spiro atoms. The van der Waals surface area contributed by atoms with Crippen molar-refractivity contribution < 1.29 is 4.74 Å². The molecular weight excluding hydrogens is 448 g/mol. The molecule has 3 fully saturated rings. The van der Waals surface area contributed by atoms with Crippen molar-refractivity contribution in [2.45, 2.75) is 83.3 Å². The topological polar surface area (TPSA) is 71.3 Å². The molecule has 4 aromatic rings. The Morgan fingerprint density at radius 2 is 1.86 bits per heavy atom. The third-order valence-corrected chi connectivity index (χ3v) is 9.25. The van der Waals surface area contributed by atoms with Crippen LogP contribution in [0.5, 0.6) is 0 Å². The molecule has 7 nitrogen and oxygen atoms in total. The first-order chi connectivity index (χ1) is 17.4. The number of ether oxygens (including phenoxy) is 1. The van der Waals surface area contributed by atoms with E-state index in [-0.39, 0.29) is 5.60 Å². The second kappa shape index (κ2) is 8.12. The second-order valence-electron chi connectivity index (χ2n) is 11.7. The quantitative estimate of drug-likeness (QED) is 0.413. The summed E-state index contributed by atoms with van der Waals surface area (Å²) in [5.74, 6) is 0.903. The van der Waals surface area contributed by atoms with Gasteiger partial charge in [-0.1, -0.05) is 13.8 Å². The molecule has 188 valence electrons. The highest BCUT2D eigenvalue weighted by atomic mass is 16.5. The monoisotopic (exact) mass is 484 g/mol. The lowest BCUT2D eigenvalue weighted by molar-refractivity contribution is -0.231. The molecule has 0 radical (unpaired) electrons. The fraction of sp³-hybridized carbons (Fsp3) is 0.552. The summed E-state index contributed by atoms with van der Waals surface area (Å²) in [6.07, 6.45) is 9.98. The van der Waals surface area contributed by atoms with Crippen LogP contribution in [0.3, 0.4) is 0 Å². The van der Waals surface area contributed by atoms with E-state index < -0.39 is 0 Å². The fourth-order valence-corrected chi connectivity index (χ4v) is 6.89. The van der Waals surface area contributed by atoms with Crippen LogP contribution in [0, 0.1) is 13.8 Å². The fourth-order valence-electron chi connectivity index (χ4n) is 6.89. The Morgan fingerprint density at radius 1 is 1.08 bits per heavy atom. The minimum absolute atomic E-state index is 0.234. The van der Waals surface area contributed by atoms with Gasteiger partial charge in [0.15, 0.2) is 5.65 Å². The number of pyridine rings is 2. The van der Waals surface area contributed by atoms with Gasteiger partial charge in [0.1, 0.15) is 6.33 Å². The normalized spacial score (nSPS) is 24.0. The molecule has 1 N–H and O–H groups in total. The van der Waals surface area contributed by atoms with Gasteiger partial charge in [0.05, 0.1) is 28.9 Å². The lowest BCUT2D eigenvalue weighted by Gasteiger charge is -2.58. The summed E-state index contributed by atoms with van der Waals surface area (Å²) < 4.78 is 7.73. The van der Waals surface area contributed by atoms with Gasteiger partial charge in [-0.15, -0.1) is 0 Å². The molecule has 0 amide bonds. The van der Waals surface area contributed by atoms with Crippen LogP contribution in [0.15, 0.2) is 24.7 Å². The van der Waals surface area contributed by atoms with Crippen LogP contribution in [-0.2, 0) is 4.74 Å². The largest absolute Gasteiger partial charge is 0.372 e. The number of hydrogen-bond donors (Lipinski definition) is 1. The highest BCUT2D eigenvalue weighted by Crippen LogP contribution is 2.43. The van der Waals surface area contributed by atoms with Crippen LogP contribution in [0.4, 0.5) is 0 Å². The van der Waals surface area contributed by atoms with Gasteiger partial charge < -0.3 is 9.72 Å². The number of rotatable bonds is 4. The Labute approximate surface area is 212 Å². The number of aryl methyl sites for hydroxylation is 1. The number of hydrogen-bond acceptors (Lipinski definition) is 5. The van der Waals surface area contributed by atoms with Crippen molar-refractivity contribution in [1.29, 1.82) is 0 Å². The Kier molecular flexibility index (Phi) is 5.06. The Balaban J connectivity index is 1.19. The smallest absolute Gasteiger partial charge is 0.158 e. The van der Waals surface area contributed by atoms with E-state index in [2.05, 4.69) is 66.0 Å². The summed E-state index contributed by atoms with van der Waals surface area (Å²) >= 11 is 0. The highest BCUT2D eigenvalue weighted by molar-refractivity contribution is 5.89. The zero-order valence-corrected chi connectivity index (χ0v) is 21.8. The third kappa shape index (κ3) is 3.36. The van der Waals surface area contributed by atoms with Crippen LogP contribution in [0.1, 0.15) is 80.2 Å². The average Bonchev–Trinajstić information content (AvgIpc) is 3.44. The Morgan fingerprint density at radius 3 is 2.56 bits per heavy atom. The first-order valence-electron chi connectivity index (χ1n) is 13.6. The van der Waals surface area contributed by atoms with Gasteiger partial charge >= 0.3 is 0 Å². The first kappa shape index (κ1) is 22.4.